The van der Waals surface area contributed by atoms with Crippen LogP contribution in [0.3, 0.4) is 0 Å². The Hall–Kier alpha value is -2.13. The molecule has 0 aliphatic rings. The Kier molecular flexibility index (Phi) is 5.52. The highest BCUT2D eigenvalue weighted by atomic mass is 16.1. The van der Waals surface area contributed by atoms with E-state index in [1.807, 2.05) is 36.4 Å². The number of amides is 1. The zero-order valence-electron chi connectivity index (χ0n) is 12.4. The molecular weight excluding hydrogens is 260 g/mol. The number of benzene rings is 2. The lowest BCUT2D eigenvalue weighted by Gasteiger charge is -2.09. The van der Waals surface area contributed by atoms with Crippen molar-refractivity contribution in [1.29, 1.82) is 0 Å². The van der Waals surface area contributed by atoms with Gasteiger partial charge < -0.3 is 11.1 Å². The summed E-state index contributed by atoms with van der Waals surface area (Å²) in [5.41, 5.74) is 10.1. The average Bonchev–Trinajstić information content (AvgIpc) is 2.54. The molecule has 110 valence electrons. The quantitative estimate of drug-likeness (QED) is 0.855. The molecule has 3 nitrogen and oxygen atoms in total. The fraction of sp³-hybridized carbons (Fsp3) is 0.278. The molecule has 0 aliphatic carbocycles. The van der Waals surface area contributed by atoms with Gasteiger partial charge in [0.05, 0.1) is 6.42 Å². The Bertz CT molecular complexity index is 590. The van der Waals surface area contributed by atoms with Crippen molar-refractivity contribution < 1.29 is 4.79 Å². The summed E-state index contributed by atoms with van der Waals surface area (Å²) >= 11 is 0. The molecule has 2 rings (SSSR count). The van der Waals surface area contributed by atoms with Crippen LogP contribution in [0.4, 0.5) is 0 Å². The van der Waals surface area contributed by atoms with Crippen LogP contribution >= 0.6 is 0 Å². The minimum Gasteiger partial charge on any atom is -0.352 e. The van der Waals surface area contributed by atoms with Gasteiger partial charge in [-0.05, 0) is 28.7 Å². The molecule has 0 aromatic heterocycles. The van der Waals surface area contributed by atoms with E-state index >= 15 is 0 Å². The van der Waals surface area contributed by atoms with Crippen molar-refractivity contribution in [2.24, 2.45) is 5.73 Å². The molecule has 0 spiro atoms. The molecule has 0 saturated heterocycles. The van der Waals surface area contributed by atoms with Crippen LogP contribution in [0.1, 0.15) is 29.2 Å². The maximum absolute atomic E-state index is 12.0. The van der Waals surface area contributed by atoms with Gasteiger partial charge in [-0.2, -0.15) is 0 Å². The molecule has 0 atom stereocenters. The minimum absolute atomic E-state index is 0.0430. The number of aryl methyl sites for hydroxylation is 1. The van der Waals surface area contributed by atoms with Crippen LogP contribution in [0.2, 0.25) is 0 Å². The average molecular weight is 282 g/mol. The van der Waals surface area contributed by atoms with Crippen molar-refractivity contribution in [3.63, 3.8) is 0 Å². The highest BCUT2D eigenvalue weighted by Gasteiger charge is 2.05. The van der Waals surface area contributed by atoms with E-state index in [0.717, 1.165) is 17.5 Å². The highest BCUT2D eigenvalue weighted by Crippen LogP contribution is 2.09. The largest absolute Gasteiger partial charge is 0.352 e. The maximum Gasteiger partial charge on any atom is 0.224 e. The third-order valence-electron chi connectivity index (χ3n) is 3.60. The van der Waals surface area contributed by atoms with Gasteiger partial charge in [-0.15, -0.1) is 0 Å². The van der Waals surface area contributed by atoms with Gasteiger partial charge in [0, 0.05) is 13.1 Å². The first kappa shape index (κ1) is 15.3. The lowest BCUT2D eigenvalue weighted by molar-refractivity contribution is -0.120. The monoisotopic (exact) mass is 282 g/mol. The van der Waals surface area contributed by atoms with E-state index in [4.69, 9.17) is 5.73 Å². The van der Waals surface area contributed by atoms with Crippen molar-refractivity contribution in [2.75, 3.05) is 0 Å². The van der Waals surface area contributed by atoms with Gasteiger partial charge in [-0.25, -0.2) is 0 Å². The SMILES string of the molecule is CCc1ccccc1CNC(=O)Cc1ccc(CN)cc1. The number of hydrogen-bond donors (Lipinski definition) is 2. The molecular formula is C18H22N2O. The van der Waals surface area contributed by atoms with Crippen molar-refractivity contribution in [3.05, 3.63) is 70.8 Å². The Balaban J connectivity index is 1.89. The number of carbonyl (C=O) groups is 1. The lowest BCUT2D eigenvalue weighted by atomic mass is 10.1. The first-order valence-corrected chi connectivity index (χ1v) is 7.34. The summed E-state index contributed by atoms with van der Waals surface area (Å²) in [5.74, 6) is 0.0430. The van der Waals surface area contributed by atoms with Gasteiger partial charge in [0.15, 0.2) is 0 Å². The smallest absolute Gasteiger partial charge is 0.224 e. The molecule has 3 heteroatoms. The molecule has 0 bridgehead atoms. The summed E-state index contributed by atoms with van der Waals surface area (Å²) in [5, 5.41) is 2.99. The second-order valence-corrected chi connectivity index (χ2v) is 5.10. The van der Waals surface area contributed by atoms with Crippen molar-refractivity contribution in [3.8, 4) is 0 Å². The summed E-state index contributed by atoms with van der Waals surface area (Å²) < 4.78 is 0. The number of hydrogen-bond acceptors (Lipinski definition) is 2. The Morgan fingerprint density at radius 3 is 2.24 bits per heavy atom. The van der Waals surface area contributed by atoms with Gasteiger partial charge in [-0.3, -0.25) is 4.79 Å². The van der Waals surface area contributed by atoms with Crippen LogP contribution < -0.4 is 11.1 Å². The second kappa shape index (κ2) is 7.60. The van der Waals surface area contributed by atoms with E-state index < -0.39 is 0 Å². The Morgan fingerprint density at radius 2 is 1.62 bits per heavy atom. The normalized spacial score (nSPS) is 10.4. The molecule has 21 heavy (non-hydrogen) atoms. The Morgan fingerprint density at radius 1 is 1.00 bits per heavy atom. The molecule has 0 heterocycles. The van der Waals surface area contributed by atoms with Crippen molar-refractivity contribution >= 4 is 5.91 Å². The Labute approximate surface area is 126 Å². The molecule has 0 aliphatic heterocycles. The summed E-state index contributed by atoms with van der Waals surface area (Å²) in [4.78, 5) is 12.0. The molecule has 2 aromatic rings. The second-order valence-electron chi connectivity index (χ2n) is 5.10. The van der Waals surface area contributed by atoms with Crippen LogP contribution in [0.5, 0.6) is 0 Å². The number of nitrogens with two attached hydrogens (primary N) is 1. The molecule has 0 unspecified atom stereocenters. The van der Waals surface area contributed by atoms with Gasteiger partial charge in [0.2, 0.25) is 5.91 Å². The van der Waals surface area contributed by atoms with Gasteiger partial charge in [0.1, 0.15) is 0 Å². The number of nitrogens with one attached hydrogen (secondary N) is 1. The van der Waals surface area contributed by atoms with E-state index in [1.54, 1.807) is 0 Å². The molecule has 3 N–H and O–H groups in total. The molecule has 0 radical (unpaired) electrons. The summed E-state index contributed by atoms with van der Waals surface area (Å²) in [6.45, 7) is 3.24. The summed E-state index contributed by atoms with van der Waals surface area (Å²) in [6, 6.07) is 16.1. The lowest BCUT2D eigenvalue weighted by Crippen LogP contribution is -2.25. The minimum atomic E-state index is 0.0430. The number of rotatable bonds is 6. The standard InChI is InChI=1S/C18H22N2O/c1-2-16-5-3-4-6-17(16)13-20-18(21)11-14-7-9-15(12-19)10-8-14/h3-10H,2,11-13,19H2,1H3,(H,20,21). The van der Waals surface area contributed by atoms with E-state index in [2.05, 4.69) is 24.4 Å². The van der Waals surface area contributed by atoms with E-state index in [0.29, 0.717) is 19.5 Å². The summed E-state index contributed by atoms with van der Waals surface area (Å²) in [6.07, 6.45) is 1.38. The molecule has 2 aromatic carbocycles. The predicted molar refractivity (Wildman–Crippen MR) is 85.7 cm³/mol. The first-order valence-electron chi connectivity index (χ1n) is 7.34. The summed E-state index contributed by atoms with van der Waals surface area (Å²) in [7, 11) is 0. The fourth-order valence-corrected chi connectivity index (χ4v) is 2.31. The fourth-order valence-electron chi connectivity index (χ4n) is 2.31. The van der Waals surface area contributed by atoms with Crippen molar-refractivity contribution in [2.45, 2.75) is 32.9 Å². The van der Waals surface area contributed by atoms with Crippen LogP contribution in [-0.2, 0) is 30.7 Å². The number of carbonyl (C=O) groups excluding carboxylic acids is 1. The van der Waals surface area contributed by atoms with E-state index in [-0.39, 0.29) is 5.91 Å². The van der Waals surface area contributed by atoms with Crippen LogP contribution in [0.15, 0.2) is 48.5 Å². The van der Waals surface area contributed by atoms with Crippen LogP contribution in [-0.4, -0.2) is 5.91 Å². The van der Waals surface area contributed by atoms with Gasteiger partial charge in [0.25, 0.3) is 0 Å². The van der Waals surface area contributed by atoms with Crippen molar-refractivity contribution in [1.82, 2.24) is 5.32 Å². The molecule has 0 fully saturated rings. The van der Waals surface area contributed by atoms with Crippen LogP contribution in [0, 0.1) is 0 Å². The molecule has 0 saturated carbocycles. The topological polar surface area (TPSA) is 55.1 Å². The third-order valence-corrected chi connectivity index (χ3v) is 3.60. The first-order chi connectivity index (χ1) is 10.2. The maximum atomic E-state index is 12.0. The third kappa shape index (κ3) is 4.43. The van der Waals surface area contributed by atoms with E-state index in [9.17, 15) is 4.79 Å². The van der Waals surface area contributed by atoms with Crippen LogP contribution in [0.25, 0.3) is 0 Å². The zero-order valence-corrected chi connectivity index (χ0v) is 12.4. The molecule has 1 amide bonds. The predicted octanol–water partition coefficient (Wildman–Crippen LogP) is 2.57. The van der Waals surface area contributed by atoms with E-state index in [1.165, 1.54) is 11.1 Å². The van der Waals surface area contributed by atoms with Gasteiger partial charge >= 0.3 is 0 Å². The zero-order chi connectivity index (χ0) is 15.1. The highest BCUT2D eigenvalue weighted by molar-refractivity contribution is 5.78. The van der Waals surface area contributed by atoms with Gasteiger partial charge in [-0.1, -0.05) is 55.5 Å².